The predicted octanol–water partition coefficient (Wildman–Crippen LogP) is 2.50. The molecule has 0 bridgehead atoms. The van der Waals surface area contributed by atoms with Gasteiger partial charge in [0.25, 0.3) is 0 Å². The SMILES string of the molecule is CCOC(=O)/C=C/C1(C)COC2(CCCCC2)OO1. The predicted molar refractivity (Wildman–Crippen MR) is 68.1 cm³/mol. The van der Waals surface area contributed by atoms with Gasteiger partial charge in [0.1, 0.15) is 5.60 Å². The molecule has 0 aromatic heterocycles. The van der Waals surface area contributed by atoms with E-state index >= 15 is 0 Å². The average molecular weight is 270 g/mol. The third kappa shape index (κ3) is 3.78. The number of hydrogen-bond donors (Lipinski definition) is 0. The first-order chi connectivity index (χ1) is 9.08. The Kier molecular flexibility index (Phi) is 4.60. The fourth-order valence-corrected chi connectivity index (χ4v) is 2.32. The second kappa shape index (κ2) is 6.03. The van der Waals surface area contributed by atoms with Gasteiger partial charge in [0.2, 0.25) is 5.79 Å². The number of carbonyl (C=O) groups is 1. The third-order valence-electron chi connectivity index (χ3n) is 3.48. The fourth-order valence-electron chi connectivity index (χ4n) is 2.32. The molecule has 0 aromatic carbocycles. The lowest BCUT2D eigenvalue weighted by molar-refractivity contribution is -0.505. The molecule has 0 N–H and O–H groups in total. The summed E-state index contributed by atoms with van der Waals surface area (Å²) in [5.41, 5.74) is -0.741. The maximum atomic E-state index is 11.3. The van der Waals surface area contributed by atoms with Crippen molar-refractivity contribution in [3.63, 3.8) is 0 Å². The van der Waals surface area contributed by atoms with Gasteiger partial charge in [0.15, 0.2) is 0 Å². The molecule has 0 radical (unpaired) electrons. The summed E-state index contributed by atoms with van der Waals surface area (Å²) in [6.45, 7) is 4.32. The summed E-state index contributed by atoms with van der Waals surface area (Å²) >= 11 is 0. The highest BCUT2D eigenvalue weighted by atomic mass is 17.2. The van der Waals surface area contributed by atoms with Gasteiger partial charge < -0.3 is 9.47 Å². The molecule has 1 heterocycles. The Balaban J connectivity index is 1.88. The van der Waals surface area contributed by atoms with Crippen molar-refractivity contribution in [3.8, 4) is 0 Å². The van der Waals surface area contributed by atoms with Crippen molar-refractivity contribution < 1.29 is 24.0 Å². The molecule has 1 aliphatic heterocycles. The topological polar surface area (TPSA) is 54.0 Å². The normalized spacial score (nSPS) is 30.6. The van der Waals surface area contributed by atoms with E-state index in [1.807, 2.05) is 6.92 Å². The quantitative estimate of drug-likeness (QED) is 0.448. The molecule has 2 fully saturated rings. The number of carbonyl (C=O) groups excluding carboxylic acids is 1. The van der Waals surface area contributed by atoms with E-state index in [2.05, 4.69) is 0 Å². The standard InChI is InChI=1S/C14H22O5/c1-3-16-12(15)7-10-13(2)11-17-14(19-18-13)8-5-4-6-9-14/h7,10H,3-6,8-9,11H2,1-2H3/b10-7+. The van der Waals surface area contributed by atoms with Crippen LogP contribution in [0.25, 0.3) is 0 Å². The first kappa shape index (κ1) is 14.5. The van der Waals surface area contributed by atoms with Crippen LogP contribution in [0.3, 0.4) is 0 Å². The molecule has 5 nitrogen and oxygen atoms in total. The summed E-state index contributed by atoms with van der Waals surface area (Å²) < 4.78 is 10.7. The molecule has 19 heavy (non-hydrogen) atoms. The van der Waals surface area contributed by atoms with E-state index < -0.39 is 11.4 Å². The van der Waals surface area contributed by atoms with E-state index in [0.29, 0.717) is 13.2 Å². The monoisotopic (exact) mass is 270 g/mol. The van der Waals surface area contributed by atoms with Gasteiger partial charge in [-0.3, -0.25) is 0 Å². The number of ether oxygens (including phenoxy) is 2. The Bertz CT molecular complexity index is 334. The lowest BCUT2D eigenvalue weighted by Gasteiger charge is -2.43. The lowest BCUT2D eigenvalue weighted by Crippen LogP contribution is -2.50. The maximum Gasteiger partial charge on any atom is 0.330 e. The zero-order valence-electron chi connectivity index (χ0n) is 11.6. The van der Waals surface area contributed by atoms with Gasteiger partial charge in [0.05, 0.1) is 13.2 Å². The van der Waals surface area contributed by atoms with Crippen LogP contribution in [-0.4, -0.2) is 30.6 Å². The van der Waals surface area contributed by atoms with Crippen LogP contribution in [0.5, 0.6) is 0 Å². The van der Waals surface area contributed by atoms with Crippen molar-refractivity contribution in [2.45, 2.75) is 57.3 Å². The molecule has 1 aliphatic carbocycles. The van der Waals surface area contributed by atoms with E-state index in [0.717, 1.165) is 25.7 Å². The second-order valence-electron chi connectivity index (χ2n) is 5.32. The molecule has 0 aromatic rings. The average Bonchev–Trinajstić information content (AvgIpc) is 2.42. The molecule has 1 atom stereocenters. The van der Waals surface area contributed by atoms with Crippen molar-refractivity contribution in [2.24, 2.45) is 0 Å². The molecule has 1 saturated heterocycles. The Morgan fingerprint density at radius 1 is 1.26 bits per heavy atom. The van der Waals surface area contributed by atoms with Crippen LogP contribution >= 0.6 is 0 Å². The Hall–Kier alpha value is -0.910. The molecule has 108 valence electrons. The first-order valence-electron chi connectivity index (χ1n) is 6.94. The van der Waals surface area contributed by atoms with Crippen LogP contribution in [-0.2, 0) is 24.0 Å². The fraction of sp³-hybridized carbons (Fsp3) is 0.786. The van der Waals surface area contributed by atoms with E-state index in [1.54, 1.807) is 13.0 Å². The van der Waals surface area contributed by atoms with Gasteiger partial charge in [-0.2, -0.15) is 0 Å². The van der Waals surface area contributed by atoms with Crippen molar-refractivity contribution in [2.75, 3.05) is 13.2 Å². The summed E-state index contributed by atoms with van der Waals surface area (Å²) in [6.07, 6.45) is 8.12. The number of hydrogen-bond acceptors (Lipinski definition) is 5. The molecule has 2 aliphatic rings. The second-order valence-corrected chi connectivity index (χ2v) is 5.32. The zero-order valence-corrected chi connectivity index (χ0v) is 11.6. The van der Waals surface area contributed by atoms with Crippen molar-refractivity contribution in [3.05, 3.63) is 12.2 Å². The van der Waals surface area contributed by atoms with E-state index in [-0.39, 0.29) is 5.97 Å². The smallest absolute Gasteiger partial charge is 0.330 e. The highest BCUT2D eigenvalue weighted by Crippen LogP contribution is 2.38. The maximum absolute atomic E-state index is 11.3. The lowest BCUT2D eigenvalue weighted by atomic mass is 9.93. The van der Waals surface area contributed by atoms with E-state index in [9.17, 15) is 4.79 Å². The summed E-state index contributed by atoms with van der Waals surface area (Å²) in [7, 11) is 0. The molecule has 1 unspecified atom stereocenters. The first-order valence-corrected chi connectivity index (χ1v) is 6.94. The van der Waals surface area contributed by atoms with Crippen molar-refractivity contribution in [1.82, 2.24) is 0 Å². The molecule has 1 saturated carbocycles. The molecule has 2 rings (SSSR count). The summed E-state index contributed by atoms with van der Waals surface area (Å²) in [5, 5.41) is 0. The van der Waals surface area contributed by atoms with Gasteiger partial charge in [0, 0.05) is 18.9 Å². The summed E-state index contributed by atoms with van der Waals surface area (Å²) in [6, 6.07) is 0. The van der Waals surface area contributed by atoms with Gasteiger partial charge >= 0.3 is 5.97 Å². The number of rotatable bonds is 3. The number of esters is 1. The minimum Gasteiger partial charge on any atom is -0.463 e. The third-order valence-corrected chi connectivity index (χ3v) is 3.48. The molecular formula is C14H22O5. The minimum atomic E-state index is -0.741. The van der Waals surface area contributed by atoms with Gasteiger partial charge in [-0.25, -0.2) is 14.6 Å². The van der Waals surface area contributed by atoms with Crippen LogP contribution in [0, 0.1) is 0 Å². The molecule has 1 spiro atoms. The largest absolute Gasteiger partial charge is 0.463 e. The molecular weight excluding hydrogens is 248 g/mol. The van der Waals surface area contributed by atoms with Gasteiger partial charge in [-0.1, -0.05) is 6.42 Å². The van der Waals surface area contributed by atoms with Gasteiger partial charge in [-0.05, 0) is 32.8 Å². The van der Waals surface area contributed by atoms with Crippen LogP contribution in [0.15, 0.2) is 12.2 Å². The highest BCUT2D eigenvalue weighted by molar-refractivity contribution is 5.82. The summed E-state index contributed by atoms with van der Waals surface area (Å²) in [4.78, 5) is 22.2. The Labute approximate surface area is 113 Å². The summed E-state index contributed by atoms with van der Waals surface area (Å²) in [5.74, 6) is -0.958. The van der Waals surface area contributed by atoms with Crippen LogP contribution in [0.2, 0.25) is 0 Å². The van der Waals surface area contributed by atoms with Crippen LogP contribution < -0.4 is 0 Å². The Morgan fingerprint density at radius 3 is 2.58 bits per heavy atom. The van der Waals surface area contributed by atoms with Crippen LogP contribution in [0.1, 0.15) is 46.0 Å². The van der Waals surface area contributed by atoms with E-state index in [1.165, 1.54) is 12.5 Å². The molecule has 0 amide bonds. The molecule has 5 heteroatoms. The minimum absolute atomic E-state index is 0.358. The van der Waals surface area contributed by atoms with Crippen molar-refractivity contribution >= 4 is 5.97 Å². The highest BCUT2D eigenvalue weighted by Gasteiger charge is 2.44. The van der Waals surface area contributed by atoms with Crippen molar-refractivity contribution in [1.29, 1.82) is 0 Å². The van der Waals surface area contributed by atoms with E-state index in [4.69, 9.17) is 19.2 Å². The van der Waals surface area contributed by atoms with Crippen LogP contribution in [0.4, 0.5) is 0 Å². The zero-order chi connectivity index (χ0) is 13.8. The van der Waals surface area contributed by atoms with Gasteiger partial charge in [-0.15, -0.1) is 0 Å². The Morgan fingerprint density at radius 2 is 2.00 bits per heavy atom.